The molecule has 3 heteroatoms. The van der Waals surface area contributed by atoms with Crippen LogP contribution in [0, 0.1) is 12.3 Å². The molecule has 0 aromatic heterocycles. The third-order valence-corrected chi connectivity index (χ3v) is 4.49. The monoisotopic (exact) mass is 275 g/mol. The third-order valence-electron chi connectivity index (χ3n) is 4.49. The van der Waals surface area contributed by atoms with Crippen molar-refractivity contribution in [2.45, 2.75) is 46.1 Å². The summed E-state index contributed by atoms with van der Waals surface area (Å²) in [6.07, 6.45) is 3.52. The first-order valence-electron chi connectivity index (χ1n) is 7.58. The van der Waals surface area contributed by atoms with E-state index >= 15 is 0 Å². The van der Waals surface area contributed by atoms with Crippen molar-refractivity contribution in [3.63, 3.8) is 0 Å². The van der Waals surface area contributed by atoms with Gasteiger partial charge in [0.25, 0.3) is 0 Å². The van der Waals surface area contributed by atoms with Gasteiger partial charge in [0.2, 0.25) is 0 Å². The van der Waals surface area contributed by atoms with Crippen molar-refractivity contribution in [2.24, 2.45) is 5.41 Å². The molecule has 0 spiro atoms. The SMILES string of the molecule is CCCC1(C(=O)O)CCCN(Cc2ccccc2C)C1. The Labute approximate surface area is 121 Å². The lowest BCUT2D eigenvalue weighted by Gasteiger charge is -2.40. The average Bonchev–Trinajstić information content (AvgIpc) is 2.42. The molecule has 0 radical (unpaired) electrons. The molecule has 0 bridgehead atoms. The second-order valence-corrected chi connectivity index (χ2v) is 6.08. The molecule has 1 atom stereocenters. The third kappa shape index (κ3) is 3.21. The zero-order valence-corrected chi connectivity index (χ0v) is 12.6. The van der Waals surface area contributed by atoms with Gasteiger partial charge in [-0.3, -0.25) is 9.69 Å². The van der Waals surface area contributed by atoms with Crippen LogP contribution in [0.15, 0.2) is 24.3 Å². The van der Waals surface area contributed by atoms with Gasteiger partial charge in [-0.1, -0.05) is 37.6 Å². The number of carbonyl (C=O) groups is 1. The van der Waals surface area contributed by atoms with Gasteiger partial charge in [-0.15, -0.1) is 0 Å². The predicted octanol–water partition coefficient (Wildman–Crippen LogP) is 3.46. The van der Waals surface area contributed by atoms with E-state index in [1.165, 1.54) is 11.1 Å². The lowest BCUT2D eigenvalue weighted by Crippen LogP contribution is -2.47. The van der Waals surface area contributed by atoms with Crippen LogP contribution < -0.4 is 0 Å². The van der Waals surface area contributed by atoms with Crippen LogP contribution in [0.5, 0.6) is 0 Å². The predicted molar refractivity (Wildman–Crippen MR) is 80.7 cm³/mol. The largest absolute Gasteiger partial charge is 0.481 e. The summed E-state index contributed by atoms with van der Waals surface area (Å²) in [6, 6.07) is 8.37. The van der Waals surface area contributed by atoms with Crippen LogP contribution >= 0.6 is 0 Å². The van der Waals surface area contributed by atoms with Crippen LogP contribution in [-0.2, 0) is 11.3 Å². The van der Waals surface area contributed by atoms with E-state index in [1.54, 1.807) is 0 Å². The summed E-state index contributed by atoms with van der Waals surface area (Å²) >= 11 is 0. The van der Waals surface area contributed by atoms with Crippen molar-refractivity contribution < 1.29 is 9.90 Å². The maximum absolute atomic E-state index is 11.7. The first-order valence-corrected chi connectivity index (χ1v) is 7.58. The second kappa shape index (κ2) is 6.40. The summed E-state index contributed by atoms with van der Waals surface area (Å²) in [4.78, 5) is 14.0. The Morgan fingerprint density at radius 3 is 2.80 bits per heavy atom. The highest BCUT2D eigenvalue weighted by Crippen LogP contribution is 2.35. The Hall–Kier alpha value is -1.35. The van der Waals surface area contributed by atoms with Crippen LogP contribution in [0.25, 0.3) is 0 Å². The highest BCUT2D eigenvalue weighted by molar-refractivity contribution is 5.75. The van der Waals surface area contributed by atoms with Crippen molar-refractivity contribution in [2.75, 3.05) is 13.1 Å². The van der Waals surface area contributed by atoms with Gasteiger partial charge < -0.3 is 5.11 Å². The summed E-state index contributed by atoms with van der Waals surface area (Å²) in [6.45, 7) is 6.75. The molecule has 1 aromatic carbocycles. The molecule has 1 aliphatic rings. The van der Waals surface area contributed by atoms with Gasteiger partial charge in [-0.2, -0.15) is 0 Å². The summed E-state index contributed by atoms with van der Waals surface area (Å²) in [5.41, 5.74) is 2.06. The highest BCUT2D eigenvalue weighted by Gasteiger charge is 2.41. The van der Waals surface area contributed by atoms with Crippen LogP contribution in [0.3, 0.4) is 0 Å². The number of piperidine rings is 1. The molecule has 1 unspecified atom stereocenters. The Kier molecular flexibility index (Phi) is 4.81. The zero-order valence-electron chi connectivity index (χ0n) is 12.6. The van der Waals surface area contributed by atoms with Gasteiger partial charge in [-0.25, -0.2) is 0 Å². The summed E-state index contributed by atoms with van der Waals surface area (Å²) in [7, 11) is 0. The molecule has 110 valence electrons. The molecular weight excluding hydrogens is 250 g/mol. The summed E-state index contributed by atoms with van der Waals surface area (Å²) in [5, 5.41) is 9.63. The minimum Gasteiger partial charge on any atom is -0.481 e. The van der Waals surface area contributed by atoms with E-state index in [1.807, 2.05) is 6.07 Å². The topological polar surface area (TPSA) is 40.5 Å². The Balaban J connectivity index is 2.10. The Morgan fingerprint density at radius 1 is 1.40 bits per heavy atom. The van der Waals surface area contributed by atoms with Crippen LogP contribution in [-0.4, -0.2) is 29.1 Å². The standard InChI is InChI=1S/C17H25NO2/c1-3-9-17(16(19)20)10-6-11-18(13-17)12-15-8-5-4-7-14(15)2/h4-5,7-8H,3,6,9-13H2,1-2H3,(H,19,20). The van der Waals surface area contributed by atoms with E-state index < -0.39 is 11.4 Å². The van der Waals surface area contributed by atoms with Crippen molar-refractivity contribution in [3.05, 3.63) is 35.4 Å². The van der Waals surface area contributed by atoms with Gasteiger partial charge in [-0.05, 0) is 43.9 Å². The Bertz CT molecular complexity index is 468. The van der Waals surface area contributed by atoms with E-state index in [9.17, 15) is 9.90 Å². The number of hydrogen-bond donors (Lipinski definition) is 1. The van der Waals surface area contributed by atoms with Crippen molar-refractivity contribution >= 4 is 5.97 Å². The second-order valence-electron chi connectivity index (χ2n) is 6.08. The van der Waals surface area contributed by atoms with Crippen molar-refractivity contribution in [1.29, 1.82) is 0 Å². The molecule has 0 saturated carbocycles. The summed E-state index contributed by atoms with van der Waals surface area (Å²) in [5.74, 6) is -0.617. The molecule has 3 nitrogen and oxygen atoms in total. The molecule has 1 aromatic rings. The van der Waals surface area contributed by atoms with Crippen molar-refractivity contribution in [1.82, 2.24) is 4.90 Å². The molecular formula is C17H25NO2. The van der Waals surface area contributed by atoms with Crippen LogP contribution in [0.2, 0.25) is 0 Å². The van der Waals surface area contributed by atoms with E-state index in [-0.39, 0.29) is 0 Å². The fourth-order valence-electron chi connectivity index (χ4n) is 3.35. The number of rotatable bonds is 5. The highest BCUT2D eigenvalue weighted by atomic mass is 16.4. The number of carboxylic acids is 1. The molecule has 1 aliphatic heterocycles. The number of benzene rings is 1. The molecule has 20 heavy (non-hydrogen) atoms. The molecule has 0 aliphatic carbocycles. The van der Waals surface area contributed by atoms with E-state index in [0.717, 1.165) is 38.8 Å². The maximum Gasteiger partial charge on any atom is 0.310 e. The molecule has 1 saturated heterocycles. The van der Waals surface area contributed by atoms with Gasteiger partial charge in [0, 0.05) is 13.1 Å². The van der Waals surface area contributed by atoms with Crippen LogP contribution in [0.1, 0.15) is 43.7 Å². The first-order chi connectivity index (χ1) is 9.57. The van der Waals surface area contributed by atoms with E-state index in [2.05, 4.69) is 36.9 Å². The number of aliphatic carboxylic acids is 1. The number of nitrogens with zero attached hydrogens (tertiary/aromatic N) is 1. The molecule has 1 N–H and O–H groups in total. The molecule has 0 amide bonds. The van der Waals surface area contributed by atoms with E-state index in [0.29, 0.717) is 6.54 Å². The lowest BCUT2D eigenvalue weighted by atomic mass is 9.76. The lowest BCUT2D eigenvalue weighted by molar-refractivity contribution is -0.153. The van der Waals surface area contributed by atoms with Crippen LogP contribution in [0.4, 0.5) is 0 Å². The number of hydrogen-bond acceptors (Lipinski definition) is 2. The number of likely N-dealkylation sites (tertiary alicyclic amines) is 1. The average molecular weight is 275 g/mol. The molecule has 1 heterocycles. The summed E-state index contributed by atoms with van der Waals surface area (Å²) < 4.78 is 0. The molecule has 2 rings (SSSR count). The van der Waals surface area contributed by atoms with Gasteiger partial charge in [0.15, 0.2) is 0 Å². The van der Waals surface area contributed by atoms with Gasteiger partial charge in [0.1, 0.15) is 0 Å². The zero-order chi connectivity index (χ0) is 14.6. The smallest absolute Gasteiger partial charge is 0.310 e. The number of carboxylic acid groups (broad SMARTS) is 1. The maximum atomic E-state index is 11.7. The fourth-order valence-corrected chi connectivity index (χ4v) is 3.35. The normalized spacial score (nSPS) is 23.7. The fraction of sp³-hybridized carbons (Fsp3) is 0.588. The Morgan fingerprint density at radius 2 is 2.15 bits per heavy atom. The minimum absolute atomic E-state index is 0.532. The first kappa shape index (κ1) is 15.0. The van der Waals surface area contributed by atoms with E-state index in [4.69, 9.17) is 0 Å². The van der Waals surface area contributed by atoms with Gasteiger partial charge >= 0.3 is 5.97 Å². The molecule has 1 fully saturated rings. The van der Waals surface area contributed by atoms with Crippen molar-refractivity contribution in [3.8, 4) is 0 Å². The quantitative estimate of drug-likeness (QED) is 0.894. The van der Waals surface area contributed by atoms with Gasteiger partial charge in [0.05, 0.1) is 5.41 Å². The minimum atomic E-state index is -0.617. The number of aryl methyl sites for hydroxylation is 1.